The van der Waals surface area contributed by atoms with E-state index in [0.717, 1.165) is 16.8 Å². The molecule has 0 aliphatic rings. The number of H-pyrrole nitrogens is 1. The second-order valence-electron chi connectivity index (χ2n) is 5.52. The van der Waals surface area contributed by atoms with Gasteiger partial charge in [-0.15, -0.1) is 0 Å². The van der Waals surface area contributed by atoms with Crippen molar-refractivity contribution in [1.82, 2.24) is 19.7 Å². The standard InChI is InChI=1S/C16H19N5O2S/c1-10(2)21-14(6-7-17-21)20-15(22)9-24-16-18-12-5-4-11(23-3)8-13(12)19-16/h4-8,10H,9H2,1-3H3,(H,18,19)(H,20,22). The zero-order valence-corrected chi connectivity index (χ0v) is 14.6. The number of anilines is 1. The Bertz CT molecular complexity index is 855. The lowest BCUT2D eigenvalue weighted by Crippen LogP contribution is -2.18. The fourth-order valence-electron chi connectivity index (χ4n) is 2.30. The van der Waals surface area contributed by atoms with Gasteiger partial charge in [0.25, 0.3) is 0 Å². The summed E-state index contributed by atoms with van der Waals surface area (Å²) in [6.45, 7) is 4.03. The number of aromatic amines is 1. The maximum Gasteiger partial charge on any atom is 0.235 e. The fourth-order valence-corrected chi connectivity index (χ4v) is 2.98. The van der Waals surface area contributed by atoms with Gasteiger partial charge in [0.2, 0.25) is 5.91 Å². The number of carbonyl (C=O) groups excluding carboxylic acids is 1. The molecule has 8 heteroatoms. The number of methoxy groups -OCH3 is 1. The van der Waals surface area contributed by atoms with E-state index in [0.29, 0.717) is 11.0 Å². The molecule has 24 heavy (non-hydrogen) atoms. The highest BCUT2D eigenvalue weighted by Crippen LogP contribution is 2.23. The monoisotopic (exact) mass is 345 g/mol. The van der Waals surface area contributed by atoms with Crippen LogP contribution in [-0.2, 0) is 4.79 Å². The lowest BCUT2D eigenvalue weighted by atomic mass is 10.3. The number of benzene rings is 1. The third kappa shape index (κ3) is 3.53. The van der Waals surface area contributed by atoms with Gasteiger partial charge in [-0.2, -0.15) is 5.10 Å². The number of nitrogens with zero attached hydrogens (tertiary/aromatic N) is 3. The topological polar surface area (TPSA) is 84.8 Å². The first-order valence-electron chi connectivity index (χ1n) is 7.56. The molecule has 0 aliphatic carbocycles. The zero-order chi connectivity index (χ0) is 17.1. The van der Waals surface area contributed by atoms with Gasteiger partial charge >= 0.3 is 0 Å². The Kier molecular flexibility index (Phi) is 4.75. The van der Waals surface area contributed by atoms with E-state index >= 15 is 0 Å². The lowest BCUT2D eigenvalue weighted by Gasteiger charge is -2.11. The highest BCUT2D eigenvalue weighted by atomic mass is 32.2. The molecule has 0 bridgehead atoms. The van der Waals surface area contributed by atoms with Crippen molar-refractivity contribution < 1.29 is 9.53 Å². The minimum Gasteiger partial charge on any atom is -0.497 e. The molecule has 0 saturated heterocycles. The van der Waals surface area contributed by atoms with Gasteiger partial charge in [0.15, 0.2) is 5.16 Å². The van der Waals surface area contributed by atoms with E-state index < -0.39 is 0 Å². The van der Waals surface area contributed by atoms with Crippen molar-refractivity contribution in [2.75, 3.05) is 18.2 Å². The summed E-state index contributed by atoms with van der Waals surface area (Å²) in [6.07, 6.45) is 1.68. The molecule has 7 nitrogen and oxygen atoms in total. The first-order valence-corrected chi connectivity index (χ1v) is 8.55. The second kappa shape index (κ2) is 6.96. The van der Waals surface area contributed by atoms with E-state index in [4.69, 9.17) is 4.74 Å². The Balaban J connectivity index is 1.62. The number of thioether (sulfide) groups is 1. The van der Waals surface area contributed by atoms with Crippen LogP contribution in [0, 0.1) is 0 Å². The lowest BCUT2D eigenvalue weighted by molar-refractivity contribution is -0.113. The number of hydrogen-bond acceptors (Lipinski definition) is 5. The quantitative estimate of drug-likeness (QED) is 0.671. The van der Waals surface area contributed by atoms with Gasteiger partial charge in [-0.3, -0.25) is 4.79 Å². The van der Waals surface area contributed by atoms with Crippen LogP contribution in [0.25, 0.3) is 11.0 Å². The summed E-state index contributed by atoms with van der Waals surface area (Å²) in [7, 11) is 1.62. The van der Waals surface area contributed by atoms with Crippen LogP contribution in [0.1, 0.15) is 19.9 Å². The van der Waals surface area contributed by atoms with E-state index in [9.17, 15) is 4.79 Å². The third-order valence-electron chi connectivity index (χ3n) is 3.43. The number of rotatable bonds is 6. The van der Waals surface area contributed by atoms with Crippen LogP contribution in [0.4, 0.5) is 5.82 Å². The maximum absolute atomic E-state index is 12.1. The molecular formula is C16H19N5O2S. The van der Waals surface area contributed by atoms with Crippen LogP contribution in [-0.4, -0.2) is 38.5 Å². The molecule has 0 unspecified atom stereocenters. The van der Waals surface area contributed by atoms with Crippen LogP contribution in [0.2, 0.25) is 0 Å². The van der Waals surface area contributed by atoms with Gasteiger partial charge < -0.3 is 15.0 Å². The Labute approximate surface area is 143 Å². The van der Waals surface area contributed by atoms with Gasteiger partial charge in [-0.05, 0) is 26.0 Å². The Morgan fingerprint density at radius 1 is 1.42 bits per heavy atom. The van der Waals surface area contributed by atoms with E-state index in [-0.39, 0.29) is 17.7 Å². The number of aromatic nitrogens is 4. The molecule has 1 aromatic carbocycles. The van der Waals surface area contributed by atoms with Gasteiger partial charge in [0.05, 0.1) is 30.1 Å². The molecule has 0 spiro atoms. The van der Waals surface area contributed by atoms with Crippen LogP contribution in [0.3, 0.4) is 0 Å². The molecule has 2 N–H and O–H groups in total. The number of ether oxygens (including phenoxy) is 1. The van der Waals surface area contributed by atoms with Gasteiger partial charge in [0, 0.05) is 18.2 Å². The average Bonchev–Trinajstić information content (AvgIpc) is 3.18. The molecule has 1 amide bonds. The smallest absolute Gasteiger partial charge is 0.235 e. The van der Waals surface area contributed by atoms with Crippen molar-refractivity contribution >= 4 is 34.5 Å². The molecule has 0 saturated carbocycles. The predicted octanol–water partition coefficient (Wildman–Crippen LogP) is 3.08. The Morgan fingerprint density at radius 2 is 2.25 bits per heavy atom. The van der Waals surface area contributed by atoms with Crippen molar-refractivity contribution in [1.29, 1.82) is 0 Å². The molecule has 3 rings (SSSR count). The average molecular weight is 345 g/mol. The van der Waals surface area contributed by atoms with Crippen LogP contribution >= 0.6 is 11.8 Å². The molecule has 0 fully saturated rings. The molecule has 3 aromatic rings. The van der Waals surface area contributed by atoms with E-state index in [1.807, 2.05) is 32.0 Å². The molecular weight excluding hydrogens is 326 g/mol. The van der Waals surface area contributed by atoms with Crippen LogP contribution in [0.15, 0.2) is 35.6 Å². The molecule has 0 atom stereocenters. The highest BCUT2D eigenvalue weighted by molar-refractivity contribution is 7.99. The predicted molar refractivity (Wildman–Crippen MR) is 94.6 cm³/mol. The van der Waals surface area contributed by atoms with E-state index in [1.165, 1.54) is 11.8 Å². The van der Waals surface area contributed by atoms with Crippen LogP contribution in [0.5, 0.6) is 5.75 Å². The molecule has 126 valence electrons. The first-order chi connectivity index (χ1) is 11.6. The summed E-state index contributed by atoms with van der Waals surface area (Å²) in [4.78, 5) is 19.8. The molecule has 2 aromatic heterocycles. The molecule has 0 aliphatic heterocycles. The maximum atomic E-state index is 12.1. The third-order valence-corrected chi connectivity index (χ3v) is 4.31. The van der Waals surface area contributed by atoms with E-state index in [1.54, 1.807) is 24.1 Å². The SMILES string of the molecule is COc1ccc2nc(SCC(=O)Nc3ccnn3C(C)C)[nH]c2c1. The van der Waals surface area contributed by atoms with Crippen molar-refractivity contribution in [2.45, 2.75) is 25.0 Å². The summed E-state index contributed by atoms with van der Waals surface area (Å²) in [5.74, 6) is 1.63. The Morgan fingerprint density at radius 3 is 3.00 bits per heavy atom. The summed E-state index contributed by atoms with van der Waals surface area (Å²) in [5.41, 5.74) is 1.73. The van der Waals surface area contributed by atoms with Crippen molar-refractivity contribution in [3.63, 3.8) is 0 Å². The normalized spacial score (nSPS) is 11.2. The first kappa shape index (κ1) is 16.4. The van der Waals surface area contributed by atoms with Gasteiger partial charge in [-0.25, -0.2) is 9.67 Å². The summed E-state index contributed by atoms with van der Waals surface area (Å²) in [5, 5.41) is 7.77. The zero-order valence-electron chi connectivity index (χ0n) is 13.7. The van der Waals surface area contributed by atoms with Crippen molar-refractivity contribution in [2.24, 2.45) is 0 Å². The second-order valence-corrected chi connectivity index (χ2v) is 6.48. The fraction of sp³-hybridized carbons (Fsp3) is 0.312. The summed E-state index contributed by atoms with van der Waals surface area (Å²) < 4.78 is 6.97. The number of fused-ring (bicyclic) bond motifs is 1. The molecule has 2 heterocycles. The number of carbonyl (C=O) groups is 1. The minimum absolute atomic E-state index is 0.0968. The highest BCUT2D eigenvalue weighted by Gasteiger charge is 2.11. The molecule has 0 radical (unpaired) electrons. The summed E-state index contributed by atoms with van der Waals surface area (Å²) >= 11 is 1.35. The number of amides is 1. The minimum atomic E-state index is -0.0968. The number of imidazole rings is 1. The largest absolute Gasteiger partial charge is 0.497 e. The van der Waals surface area contributed by atoms with Crippen molar-refractivity contribution in [3.8, 4) is 5.75 Å². The van der Waals surface area contributed by atoms with Gasteiger partial charge in [0.1, 0.15) is 11.6 Å². The van der Waals surface area contributed by atoms with Gasteiger partial charge in [-0.1, -0.05) is 11.8 Å². The number of nitrogens with one attached hydrogen (secondary N) is 2. The van der Waals surface area contributed by atoms with Crippen molar-refractivity contribution in [3.05, 3.63) is 30.5 Å². The van der Waals surface area contributed by atoms with Crippen LogP contribution < -0.4 is 10.1 Å². The van der Waals surface area contributed by atoms with E-state index in [2.05, 4.69) is 20.4 Å². The summed E-state index contributed by atoms with van der Waals surface area (Å²) in [6, 6.07) is 7.60. The Hall–Kier alpha value is -2.48. The number of hydrogen-bond donors (Lipinski definition) is 2.